The van der Waals surface area contributed by atoms with Crippen molar-refractivity contribution in [1.29, 1.82) is 0 Å². The number of allylic oxidation sites excluding steroid dienone is 5. The Labute approximate surface area is 74.3 Å². The Balaban J connectivity index is 3.15. The molecule has 0 aliphatic heterocycles. The monoisotopic (exact) mass is 170 g/mol. The van der Waals surface area contributed by atoms with Crippen molar-refractivity contribution in [3.63, 3.8) is 0 Å². The largest absolute Gasteiger partial charge is 0.127 e. The summed E-state index contributed by atoms with van der Waals surface area (Å²) >= 11 is 5.51. The van der Waals surface area contributed by atoms with Gasteiger partial charge in [0, 0.05) is 5.88 Å². The van der Waals surface area contributed by atoms with Gasteiger partial charge in [-0.15, -0.1) is 11.6 Å². The summed E-state index contributed by atoms with van der Waals surface area (Å²) in [6, 6.07) is 0. The minimum atomic E-state index is 0.774. The molecule has 0 saturated heterocycles. The third-order valence-corrected chi connectivity index (χ3v) is 1.52. The molecule has 0 nitrogen and oxygen atoms in total. The lowest BCUT2D eigenvalue weighted by Gasteiger charge is -1.88. The van der Waals surface area contributed by atoms with Gasteiger partial charge in [-0.2, -0.15) is 0 Å². The van der Waals surface area contributed by atoms with Crippen molar-refractivity contribution in [3.8, 4) is 0 Å². The van der Waals surface area contributed by atoms with Crippen LogP contribution in [0.1, 0.15) is 19.3 Å². The molecule has 0 radical (unpaired) electrons. The Morgan fingerprint density at radius 1 is 1.09 bits per heavy atom. The summed E-state index contributed by atoms with van der Waals surface area (Å²) in [6.07, 6.45) is 13.3. The van der Waals surface area contributed by atoms with E-state index in [2.05, 4.69) is 12.7 Å². The zero-order chi connectivity index (χ0) is 8.36. The van der Waals surface area contributed by atoms with Crippen LogP contribution in [0, 0.1) is 0 Å². The number of alkyl halides is 1. The van der Waals surface area contributed by atoms with Gasteiger partial charge in [0.25, 0.3) is 0 Å². The number of hydrogen-bond donors (Lipinski definition) is 0. The number of unbranched alkanes of at least 4 members (excludes halogenated alkanes) is 2. The highest BCUT2D eigenvalue weighted by molar-refractivity contribution is 6.17. The summed E-state index contributed by atoms with van der Waals surface area (Å²) in [5.74, 6) is 0.774. The highest BCUT2D eigenvalue weighted by Gasteiger charge is 1.80. The van der Waals surface area contributed by atoms with Gasteiger partial charge in [0.05, 0.1) is 0 Å². The number of halogens is 1. The first-order valence-electron chi connectivity index (χ1n) is 3.92. The van der Waals surface area contributed by atoms with Crippen LogP contribution in [0.4, 0.5) is 0 Å². The summed E-state index contributed by atoms with van der Waals surface area (Å²) in [6.45, 7) is 3.57. The molecule has 0 rings (SSSR count). The van der Waals surface area contributed by atoms with Gasteiger partial charge in [-0.05, 0) is 19.3 Å². The Bertz CT molecular complexity index is 134. The van der Waals surface area contributed by atoms with E-state index in [1.165, 1.54) is 6.42 Å². The zero-order valence-corrected chi connectivity index (χ0v) is 7.56. The van der Waals surface area contributed by atoms with Crippen molar-refractivity contribution in [2.24, 2.45) is 0 Å². The predicted molar refractivity (Wildman–Crippen MR) is 53.0 cm³/mol. The highest BCUT2D eigenvalue weighted by atomic mass is 35.5. The van der Waals surface area contributed by atoms with E-state index in [-0.39, 0.29) is 0 Å². The van der Waals surface area contributed by atoms with E-state index in [0.717, 1.165) is 18.7 Å². The molecule has 0 heterocycles. The molecule has 62 valence electrons. The molecule has 0 N–H and O–H groups in total. The van der Waals surface area contributed by atoms with E-state index in [1.807, 2.05) is 18.2 Å². The normalized spacial score (nSPS) is 11.4. The average molecular weight is 171 g/mol. The SMILES string of the molecule is C=C/C=C\C=C/CCCCCl. The molecule has 0 aromatic carbocycles. The fourth-order valence-electron chi connectivity index (χ4n) is 0.674. The predicted octanol–water partition coefficient (Wildman–Crippen LogP) is 3.69. The van der Waals surface area contributed by atoms with Crippen LogP contribution in [0.3, 0.4) is 0 Å². The highest BCUT2D eigenvalue weighted by Crippen LogP contribution is 1.97. The second-order valence-electron chi connectivity index (χ2n) is 2.23. The topological polar surface area (TPSA) is 0 Å². The van der Waals surface area contributed by atoms with Crippen molar-refractivity contribution in [3.05, 3.63) is 37.0 Å². The Morgan fingerprint density at radius 2 is 1.91 bits per heavy atom. The maximum Gasteiger partial charge on any atom is 0.0223 e. The molecule has 11 heavy (non-hydrogen) atoms. The summed E-state index contributed by atoms with van der Waals surface area (Å²) in [5.41, 5.74) is 0. The van der Waals surface area contributed by atoms with E-state index in [4.69, 9.17) is 11.6 Å². The maximum atomic E-state index is 5.51. The average Bonchev–Trinajstić information content (AvgIpc) is 2.03. The standard InChI is InChI=1S/C10H15Cl/c1-2-3-4-5-6-7-8-9-10-11/h2-6H,1,7-10H2/b4-3-,6-5-. The minimum absolute atomic E-state index is 0.774. The van der Waals surface area contributed by atoms with Gasteiger partial charge >= 0.3 is 0 Å². The van der Waals surface area contributed by atoms with E-state index >= 15 is 0 Å². The smallest absolute Gasteiger partial charge is 0.0223 e. The second-order valence-corrected chi connectivity index (χ2v) is 2.61. The van der Waals surface area contributed by atoms with Crippen LogP contribution in [0.5, 0.6) is 0 Å². The van der Waals surface area contributed by atoms with E-state index in [1.54, 1.807) is 6.08 Å². The van der Waals surface area contributed by atoms with Crippen LogP contribution < -0.4 is 0 Å². The Morgan fingerprint density at radius 3 is 2.55 bits per heavy atom. The van der Waals surface area contributed by atoms with Crippen molar-refractivity contribution < 1.29 is 0 Å². The van der Waals surface area contributed by atoms with Crippen LogP contribution in [-0.2, 0) is 0 Å². The lowest BCUT2D eigenvalue weighted by atomic mass is 10.2. The molecule has 0 bridgehead atoms. The number of rotatable bonds is 6. The summed E-state index contributed by atoms with van der Waals surface area (Å²) in [7, 11) is 0. The van der Waals surface area contributed by atoms with Gasteiger partial charge in [0.2, 0.25) is 0 Å². The van der Waals surface area contributed by atoms with Gasteiger partial charge in [0.1, 0.15) is 0 Å². The first-order valence-corrected chi connectivity index (χ1v) is 4.45. The van der Waals surface area contributed by atoms with Gasteiger partial charge in [-0.1, -0.05) is 37.0 Å². The molecule has 0 aliphatic carbocycles. The molecule has 0 aliphatic rings. The fraction of sp³-hybridized carbons (Fsp3) is 0.400. The molecule has 0 unspecified atom stereocenters. The van der Waals surface area contributed by atoms with E-state index in [9.17, 15) is 0 Å². The van der Waals surface area contributed by atoms with Crippen LogP contribution in [-0.4, -0.2) is 5.88 Å². The minimum Gasteiger partial charge on any atom is -0.127 e. The van der Waals surface area contributed by atoms with Crippen molar-refractivity contribution >= 4 is 11.6 Å². The lowest BCUT2D eigenvalue weighted by Crippen LogP contribution is -1.73. The first kappa shape index (κ1) is 10.5. The number of hydrogen-bond acceptors (Lipinski definition) is 0. The second kappa shape index (κ2) is 9.51. The summed E-state index contributed by atoms with van der Waals surface area (Å²) < 4.78 is 0. The molecule has 0 aromatic heterocycles. The van der Waals surface area contributed by atoms with Crippen LogP contribution in [0.15, 0.2) is 37.0 Å². The molecule has 0 amide bonds. The van der Waals surface area contributed by atoms with Crippen molar-refractivity contribution in [2.75, 3.05) is 5.88 Å². The van der Waals surface area contributed by atoms with Gasteiger partial charge in [-0.3, -0.25) is 0 Å². The molecule has 1 heteroatoms. The Hall–Kier alpha value is -0.490. The molecule has 0 spiro atoms. The third-order valence-electron chi connectivity index (χ3n) is 1.25. The van der Waals surface area contributed by atoms with Crippen LogP contribution in [0.25, 0.3) is 0 Å². The molecule has 0 aromatic rings. The quantitative estimate of drug-likeness (QED) is 0.324. The lowest BCUT2D eigenvalue weighted by molar-refractivity contribution is 0.820. The first-order chi connectivity index (χ1) is 5.41. The summed E-state index contributed by atoms with van der Waals surface area (Å²) in [5, 5.41) is 0. The zero-order valence-electron chi connectivity index (χ0n) is 6.80. The third kappa shape index (κ3) is 9.51. The maximum absolute atomic E-state index is 5.51. The molecular formula is C10H15Cl. The molecule has 0 fully saturated rings. The van der Waals surface area contributed by atoms with Gasteiger partial charge in [-0.25, -0.2) is 0 Å². The molecule has 0 atom stereocenters. The molecular weight excluding hydrogens is 156 g/mol. The van der Waals surface area contributed by atoms with Crippen molar-refractivity contribution in [1.82, 2.24) is 0 Å². The van der Waals surface area contributed by atoms with E-state index < -0.39 is 0 Å². The van der Waals surface area contributed by atoms with Crippen LogP contribution in [0.2, 0.25) is 0 Å². The molecule has 0 saturated carbocycles. The van der Waals surface area contributed by atoms with E-state index in [0.29, 0.717) is 0 Å². The fourth-order valence-corrected chi connectivity index (χ4v) is 0.863. The van der Waals surface area contributed by atoms with Crippen molar-refractivity contribution in [2.45, 2.75) is 19.3 Å². The van der Waals surface area contributed by atoms with Gasteiger partial charge < -0.3 is 0 Å². The summed E-state index contributed by atoms with van der Waals surface area (Å²) in [4.78, 5) is 0. The Kier molecular flexibility index (Phi) is 9.09. The van der Waals surface area contributed by atoms with Crippen LogP contribution >= 0.6 is 11.6 Å². The van der Waals surface area contributed by atoms with Gasteiger partial charge in [0.15, 0.2) is 0 Å².